The summed E-state index contributed by atoms with van der Waals surface area (Å²) in [6.45, 7) is 2.10. The fourth-order valence-corrected chi connectivity index (χ4v) is 2.97. The molecular formula is C16H15ClN6. The van der Waals surface area contributed by atoms with E-state index in [1.54, 1.807) is 17.1 Å². The van der Waals surface area contributed by atoms with Crippen LogP contribution >= 0.6 is 11.6 Å². The second kappa shape index (κ2) is 5.24. The molecule has 0 unspecified atom stereocenters. The quantitative estimate of drug-likeness (QED) is 0.627. The number of fused-ring (bicyclic) bond motifs is 1. The lowest BCUT2D eigenvalue weighted by Crippen LogP contribution is -2.08. The third-order valence-electron chi connectivity index (χ3n) is 3.90. The Bertz CT molecular complexity index is 965. The monoisotopic (exact) mass is 326 g/mol. The molecule has 0 bridgehead atoms. The summed E-state index contributed by atoms with van der Waals surface area (Å²) in [7, 11) is 1.83. The van der Waals surface area contributed by atoms with Gasteiger partial charge in [0, 0.05) is 13.2 Å². The molecule has 116 valence electrons. The molecule has 3 aromatic heterocycles. The van der Waals surface area contributed by atoms with E-state index in [2.05, 4.69) is 39.2 Å². The van der Waals surface area contributed by atoms with Gasteiger partial charge in [0.15, 0.2) is 11.5 Å². The Hall–Kier alpha value is -2.60. The van der Waals surface area contributed by atoms with Crippen LogP contribution in [0.3, 0.4) is 0 Å². The maximum atomic E-state index is 6.21. The molecule has 0 amide bonds. The van der Waals surface area contributed by atoms with Crippen LogP contribution in [0.4, 0.5) is 0 Å². The number of aromatic amines is 1. The number of aromatic nitrogens is 6. The molecule has 0 aliphatic heterocycles. The van der Waals surface area contributed by atoms with Crippen LogP contribution in [0, 0.1) is 0 Å². The van der Waals surface area contributed by atoms with E-state index in [4.69, 9.17) is 11.6 Å². The van der Waals surface area contributed by atoms with Crippen molar-refractivity contribution >= 4 is 22.8 Å². The van der Waals surface area contributed by atoms with Crippen LogP contribution < -0.4 is 0 Å². The lowest BCUT2D eigenvalue weighted by atomic mass is 10.1. The van der Waals surface area contributed by atoms with Crippen molar-refractivity contribution in [1.29, 1.82) is 0 Å². The number of hydrogen-bond donors (Lipinski definition) is 1. The predicted molar refractivity (Wildman–Crippen MR) is 89.3 cm³/mol. The van der Waals surface area contributed by atoms with Gasteiger partial charge in [-0.15, -0.1) is 0 Å². The van der Waals surface area contributed by atoms with Crippen LogP contribution in [-0.4, -0.2) is 29.5 Å². The lowest BCUT2D eigenvalue weighted by Gasteiger charge is -2.12. The van der Waals surface area contributed by atoms with Crippen molar-refractivity contribution in [1.82, 2.24) is 29.5 Å². The first-order valence-corrected chi connectivity index (χ1v) is 7.69. The van der Waals surface area contributed by atoms with E-state index in [1.165, 1.54) is 5.56 Å². The number of hydrogen-bond acceptors (Lipinski definition) is 3. The van der Waals surface area contributed by atoms with E-state index < -0.39 is 0 Å². The molecule has 1 N–H and O–H groups in total. The minimum absolute atomic E-state index is 0.0871. The third-order valence-corrected chi connectivity index (χ3v) is 4.17. The molecule has 0 saturated carbocycles. The summed E-state index contributed by atoms with van der Waals surface area (Å²) in [5.74, 6) is 0.650. The van der Waals surface area contributed by atoms with Crippen molar-refractivity contribution in [2.45, 2.75) is 13.0 Å². The van der Waals surface area contributed by atoms with Crippen LogP contribution in [0.1, 0.15) is 18.5 Å². The Morgan fingerprint density at radius 1 is 1.22 bits per heavy atom. The molecule has 3 heterocycles. The zero-order valence-corrected chi connectivity index (χ0v) is 13.5. The SMILES string of the molecule is C[C@@H](c1ccccc1)n1ncc2[nH]c(-c3nn(C)cc3Cl)nc21. The Balaban J connectivity index is 1.80. The van der Waals surface area contributed by atoms with Gasteiger partial charge in [-0.25, -0.2) is 9.67 Å². The fraction of sp³-hybridized carbons (Fsp3) is 0.188. The van der Waals surface area contributed by atoms with Crippen LogP contribution in [0.5, 0.6) is 0 Å². The number of rotatable bonds is 3. The first-order valence-electron chi connectivity index (χ1n) is 7.31. The molecule has 0 spiro atoms. The molecule has 1 aromatic carbocycles. The Kier molecular flexibility index (Phi) is 3.20. The maximum Gasteiger partial charge on any atom is 0.177 e. The van der Waals surface area contributed by atoms with Gasteiger partial charge in [0.25, 0.3) is 0 Å². The summed E-state index contributed by atoms with van der Waals surface area (Å²) < 4.78 is 3.57. The summed E-state index contributed by atoms with van der Waals surface area (Å²) in [5.41, 5.74) is 3.48. The van der Waals surface area contributed by atoms with E-state index >= 15 is 0 Å². The first-order chi connectivity index (χ1) is 11.1. The van der Waals surface area contributed by atoms with Gasteiger partial charge in [-0.05, 0) is 12.5 Å². The maximum absolute atomic E-state index is 6.21. The molecule has 0 fully saturated rings. The van der Waals surface area contributed by atoms with E-state index in [0.717, 1.165) is 11.2 Å². The van der Waals surface area contributed by atoms with E-state index in [1.807, 2.05) is 29.9 Å². The van der Waals surface area contributed by atoms with Crippen molar-refractivity contribution in [2.75, 3.05) is 0 Å². The summed E-state index contributed by atoms with van der Waals surface area (Å²) in [5, 5.41) is 9.38. The minimum Gasteiger partial charge on any atom is -0.334 e. The zero-order valence-electron chi connectivity index (χ0n) is 12.7. The highest BCUT2D eigenvalue weighted by molar-refractivity contribution is 6.32. The first kappa shape index (κ1) is 14.0. The summed E-state index contributed by atoms with van der Waals surface area (Å²) in [6, 6.07) is 10.3. The molecule has 0 saturated heterocycles. The Morgan fingerprint density at radius 2 is 2.00 bits per heavy atom. The molecular weight excluding hydrogens is 312 g/mol. The van der Waals surface area contributed by atoms with Crippen molar-refractivity contribution in [3.8, 4) is 11.5 Å². The Labute approximate surface area is 137 Å². The highest BCUT2D eigenvalue weighted by Crippen LogP contribution is 2.27. The van der Waals surface area contributed by atoms with Gasteiger partial charge in [-0.2, -0.15) is 10.2 Å². The number of nitrogens with zero attached hydrogens (tertiary/aromatic N) is 5. The molecule has 4 aromatic rings. The number of benzene rings is 1. The molecule has 4 rings (SSSR count). The van der Waals surface area contributed by atoms with Crippen LogP contribution in [0.2, 0.25) is 5.02 Å². The molecule has 0 aliphatic carbocycles. The second-order valence-corrected chi connectivity index (χ2v) is 5.91. The summed E-state index contributed by atoms with van der Waals surface area (Å²) >= 11 is 6.21. The molecule has 7 heteroatoms. The van der Waals surface area contributed by atoms with Gasteiger partial charge < -0.3 is 4.98 Å². The average Bonchev–Trinajstić information content (AvgIpc) is 3.21. The van der Waals surface area contributed by atoms with E-state index in [9.17, 15) is 0 Å². The lowest BCUT2D eigenvalue weighted by molar-refractivity contribution is 0.579. The number of H-pyrrole nitrogens is 1. The van der Waals surface area contributed by atoms with Gasteiger partial charge >= 0.3 is 0 Å². The van der Waals surface area contributed by atoms with Crippen LogP contribution in [-0.2, 0) is 7.05 Å². The highest BCUT2D eigenvalue weighted by Gasteiger charge is 2.18. The topological polar surface area (TPSA) is 64.3 Å². The fourth-order valence-electron chi connectivity index (χ4n) is 2.71. The highest BCUT2D eigenvalue weighted by atomic mass is 35.5. The standard InChI is InChI=1S/C16H15ClN6/c1-10(11-6-4-3-5-7-11)23-16-13(8-18-23)19-15(20-16)14-12(17)9-22(2)21-14/h3-10H,1-2H3,(H,19,20)/t10-/m0/s1. The zero-order chi connectivity index (χ0) is 16.0. The third kappa shape index (κ3) is 2.31. The van der Waals surface area contributed by atoms with Crippen molar-refractivity contribution in [3.63, 3.8) is 0 Å². The minimum atomic E-state index is 0.0871. The van der Waals surface area contributed by atoms with Crippen molar-refractivity contribution < 1.29 is 0 Å². The summed E-state index contributed by atoms with van der Waals surface area (Å²) in [6.07, 6.45) is 3.53. The number of imidazole rings is 1. The van der Waals surface area contributed by atoms with E-state index in [-0.39, 0.29) is 6.04 Å². The average molecular weight is 327 g/mol. The smallest absolute Gasteiger partial charge is 0.177 e. The van der Waals surface area contributed by atoms with Crippen molar-refractivity contribution in [2.24, 2.45) is 7.05 Å². The van der Waals surface area contributed by atoms with Gasteiger partial charge in [0.2, 0.25) is 0 Å². The molecule has 0 aliphatic rings. The molecule has 23 heavy (non-hydrogen) atoms. The van der Waals surface area contributed by atoms with Crippen LogP contribution in [0.15, 0.2) is 42.7 Å². The van der Waals surface area contributed by atoms with Gasteiger partial charge in [-0.1, -0.05) is 41.9 Å². The number of aryl methyl sites for hydroxylation is 1. The normalized spacial score (nSPS) is 12.8. The van der Waals surface area contributed by atoms with E-state index in [0.29, 0.717) is 16.5 Å². The Morgan fingerprint density at radius 3 is 2.70 bits per heavy atom. The predicted octanol–water partition coefficient (Wildman–Crippen LogP) is 3.42. The van der Waals surface area contributed by atoms with Gasteiger partial charge in [-0.3, -0.25) is 4.68 Å². The molecule has 0 radical (unpaired) electrons. The van der Waals surface area contributed by atoms with Gasteiger partial charge in [0.1, 0.15) is 11.2 Å². The molecule has 6 nitrogen and oxygen atoms in total. The second-order valence-electron chi connectivity index (χ2n) is 5.50. The van der Waals surface area contributed by atoms with Gasteiger partial charge in [0.05, 0.1) is 17.3 Å². The largest absolute Gasteiger partial charge is 0.334 e. The number of halogens is 1. The van der Waals surface area contributed by atoms with Crippen LogP contribution in [0.25, 0.3) is 22.7 Å². The molecule has 1 atom stereocenters. The number of nitrogens with one attached hydrogen (secondary N) is 1. The summed E-state index contributed by atoms with van der Waals surface area (Å²) in [4.78, 5) is 7.89. The van der Waals surface area contributed by atoms with Crippen molar-refractivity contribution in [3.05, 3.63) is 53.3 Å².